The zero-order valence-electron chi connectivity index (χ0n) is 12.2. The van der Waals surface area contributed by atoms with Gasteiger partial charge in [0.25, 0.3) is 0 Å². The Morgan fingerprint density at radius 2 is 1.88 bits per heavy atom. The van der Waals surface area contributed by atoms with Crippen LogP contribution in [0.1, 0.15) is 66.2 Å². The number of nitrogens with one attached hydrogen (secondary N) is 1. The van der Waals surface area contributed by atoms with E-state index < -0.39 is 0 Å². The Kier molecular flexibility index (Phi) is 6.50. The average molecular weight is 241 g/mol. The second-order valence-electron chi connectivity index (χ2n) is 6.26. The quantitative estimate of drug-likeness (QED) is 0.733. The van der Waals surface area contributed by atoms with Gasteiger partial charge in [0.2, 0.25) is 0 Å². The molecule has 1 atom stereocenters. The molecule has 0 aromatic carbocycles. The first-order valence-electron chi connectivity index (χ1n) is 7.42. The number of hydrogen-bond acceptors (Lipinski definition) is 2. The smallest absolute Gasteiger partial charge is 0.0623 e. The van der Waals surface area contributed by atoms with Crippen LogP contribution in [0.5, 0.6) is 0 Å². The molecule has 102 valence electrons. The van der Waals surface area contributed by atoms with Gasteiger partial charge in [0.05, 0.1) is 12.7 Å². The minimum absolute atomic E-state index is 0.514. The van der Waals surface area contributed by atoms with Crippen LogP contribution < -0.4 is 5.32 Å². The zero-order chi connectivity index (χ0) is 12.7. The Morgan fingerprint density at radius 3 is 2.41 bits per heavy atom. The molecule has 17 heavy (non-hydrogen) atoms. The van der Waals surface area contributed by atoms with E-state index in [1.165, 1.54) is 32.1 Å². The van der Waals surface area contributed by atoms with Crippen molar-refractivity contribution in [3.05, 3.63) is 0 Å². The lowest BCUT2D eigenvalue weighted by Gasteiger charge is -2.34. The summed E-state index contributed by atoms with van der Waals surface area (Å²) < 4.78 is 6.06. The van der Waals surface area contributed by atoms with Gasteiger partial charge in [-0.1, -0.05) is 27.7 Å². The second kappa shape index (κ2) is 7.38. The normalized spacial score (nSPS) is 22.6. The van der Waals surface area contributed by atoms with Gasteiger partial charge in [-0.3, -0.25) is 0 Å². The van der Waals surface area contributed by atoms with Gasteiger partial charge in [0.15, 0.2) is 0 Å². The first-order valence-corrected chi connectivity index (χ1v) is 7.42. The van der Waals surface area contributed by atoms with Crippen molar-refractivity contribution in [2.24, 2.45) is 5.41 Å². The summed E-state index contributed by atoms with van der Waals surface area (Å²) in [7, 11) is 0. The Bertz CT molecular complexity index is 193. The van der Waals surface area contributed by atoms with Crippen molar-refractivity contribution in [1.29, 1.82) is 0 Å². The Labute approximate surface area is 108 Å². The molecule has 1 aliphatic rings. The van der Waals surface area contributed by atoms with E-state index >= 15 is 0 Å². The van der Waals surface area contributed by atoms with E-state index in [1.54, 1.807) is 0 Å². The van der Waals surface area contributed by atoms with Crippen LogP contribution >= 0.6 is 0 Å². The van der Waals surface area contributed by atoms with Crippen LogP contribution in [-0.2, 0) is 4.74 Å². The highest BCUT2D eigenvalue weighted by Crippen LogP contribution is 2.36. The molecule has 0 aromatic rings. The molecular weight excluding hydrogens is 210 g/mol. The molecule has 0 bridgehead atoms. The van der Waals surface area contributed by atoms with Gasteiger partial charge in [0.1, 0.15) is 0 Å². The minimum atomic E-state index is 0.514. The van der Waals surface area contributed by atoms with Crippen LogP contribution in [0.25, 0.3) is 0 Å². The lowest BCUT2D eigenvalue weighted by Crippen LogP contribution is -2.36. The highest BCUT2D eigenvalue weighted by atomic mass is 16.5. The molecule has 2 nitrogen and oxygen atoms in total. The van der Waals surface area contributed by atoms with Crippen LogP contribution in [0.4, 0.5) is 0 Å². The van der Waals surface area contributed by atoms with Crippen molar-refractivity contribution in [1.82, 2.24) is 5.32 Å². The highest BCUT2D eigenvalue weighted by Gasteiger charge is 2.27. The zero-order valence-corrected chi connectivity index (χ0v) is 12.2. The van der Waals surface area contributed by atoms with Gasteiger partial charge >= 0.3 is 0 Å². The molecular formula is C15H31NO. The lowest BCUT2D eigenvalue weighted by molar-refractivity contribution is -0.00583. The van der Waals surface area contributed by atoms with Crippen LogP contribution in [0.15, 0.2) is 0 Å². The lowest BCUT2D eigenvalue weighted by atomic mass is 9.76. The predicted octanol–water partition coefficient (Wildman–Crippen LogP) is 3.75. The van der Waals surface area contributed by atoms with Gasteiger partial charge in [-0.15, -0.1) is 0 Å². The summed E-state index contributed by atoms with van der Waals surface area (Å²) in [6.07, 6.45) is 8.01. The van der Waals surface area contributed by atoms with Crippen molar-refractivity contribution in [3.8, 4) is 0 Å². The highest BCUT2D eigenvalue weighted by molar-refractivity contribution is 4.79. The maximum atomic E-state index is 6.06. The number of hydrogen-bond donors (Lipinski definition) is 1. The van der Waals surface area contributed by atoms with Crippen molar-refractivity contribution in [3.63, 3.8) is 0 Å². The third-order valence-electron chi connectivity index (χ3n) is 4.00. The van der Waals surface area contributed by atoms with Crippen LogP contribution in [0.2, 0.25) is 0 Å². The van der Waals surface area contributed by atoms with E-state index in [-0.39, 0.29) is 0 Å². The van der Waals surface area contributed by atoms with E-state index in [1.807, 2.05) is 0 Å². The van der Waals surface area contributed by atoms with Gasteiger partial charge in [-0.2, -0.15) is 0 Å². The Balaban J connectivity index is 2.17. The molecule has 0 radical (unpaired) electrons. The van der Waals surface area contributed by atoms with Crippen molar-refractivity contribution in [2.75, 3.05) is 13.2 Å². The van der Waals surface area contributed by atoms with E-state index in [2.05, 4.69) is 33.0 Å². The summed E-state index contributed by atoms with van der Waals surface area (Å²) >= 11 is 0. The molecule has 1 unspecified atom stereocenters. The molecule has 1 rings (SSSR count). The molecule has 1 fully saturated rings. The molecule has 1 N–H and O–H groups in total. The molecule has 0 saturated heterocycles. The monoisotopic (exact) mass is 241 g/mol. The first-order chi connectivity index (χ1) is 8.07. The van der Waals surface area contributed by atoms with Crippen LogP contribution in [-0.4, -0.2) is 25.3 Å². The maximum absolute atomic E-state index is 6.06. The van der Waals surface area contributed by atoms with Gasteiger partial charge in [-0.25, -0.2) is 0 Å². The van der Waals surface area contributed by atoms with Gasteiger partial charge in [-0.05, 0) is 50.5 Å². The van der Waals surface area contributed by atoms with E-state index in [4.69, 9.17) is 4.74 Å². The number of rotatable bonds is 7. The van der Waals surface area contributed by atoms with Crippen molar-refractivity contribution < 1.29 is 4.74 Å². The summed E-state index contributed by atoms with van der Waals surface area (Å²) in [5.41, 5.74) is 0.546. The first kappa shape index (κ1) is 15.0. The predicted molar refractivity (Wildman–Crippen MR) is 74.4 cm³/mol. The molecule has 0 heterocycles. The topological polar surface area (TPSA) is 21.3 Å². The maximum Gasteiger partial charge on any atom is 0.0623 e. The molecule has 0 aliphatic heterocycles. The molecule has 0 amide bonds. The standard InChI is InChI=1S/C15H31NO/c1-5-11-16-13(6-2)12-17-14-7-9-15(3,4)10-8-14/h13-14,16H,5-12H2,1-4H3. The molecule has 0 aromatic heterocycles. The summed E-state index contributed by atoms with van der Waals surface area (Å²) in [6, 6.07) is 0.546. The van der Waals surface area contributed by atoms with Gasteiger partial charge in [0, 0.05) is 6.04 Å². The molecule has 1 aliphatic carbocycles. The fourth-order valence-electron chi connectivity index (χ4n) is 2.46. The van der Waals surface area contributed by atoms with E-state index in [0.29, 0.717) is 17.6 Å². The minimum Gasteiger partial charge on any atom is -0.377 e. The molecule has 1 saturated carbocycles. The van der Waals surface area contributed by atoms with Crippen LogP contribution in [0.3, 0.4) is 0 Å². The summed E-state index contributed by atoms with van der Waals surface area (Å²) in [6.45, 7) is 11.2. The summed E-state index contributed by atoms with van der Waals surface area (Å²) in [5, 5.41) is 3.55. The summed E-state index contributed by atoms with van der Waals surface area (Å²) in [5.74, 6) is 0. The van der Waals surface area contributed by atoms with Crippen molar-refractivity contribution in [2.45, 2.75) is 78.4 Å². The van der Waals surface area contributed by atoms with Gasteiger partial charge < -0.3 is 10.1 Å². The van der Waals surface area contributed by atoms with Crippen molar-refractivity contribution >= 4 is 0 Å². The van der Waals surface area contributed by atoms with E-state index in [9.17, 15) is 0 Å². The third kappa shape index (κ3) is 5.87. The second-order valence-corrected chi connectivity index (χ2v) is 6.26. The van der Waals surface area contributed by atoms with Crippen LogP contribution in [0, 0.1) is 5.41 Å². The Morgan fingerprint density at radius 1 is 1.24 bits per heavy atom. The molecule has 2 heteroatoms. The van der Waals surface area contributed by atoms with E-state index in [0.717, 1.165) is 19.6 Å². The fourth-order valence-corrected chi connectivity index (χ4v) is 2.46. The largest absolute Gasteiger partial charge is 0.377 e. The fraction of sp³-hybridized carbons (Fsp3) is 1.00. The number of ether oxygens (including phenoxy) is 1. The average Bonchev–Trinajstić information content (AvgIpc) is 2.31. The Hall–Kier alpha value is -0.0800. The SMILES string of the molecule is CCCNC(CC)COC1CCC(C)(C)CC1. The summed E-state index contributed by atoms with van der Waals surface area (Å²) in [4.78, 5) is 0. The third-order valence-corrected chi connectivity index (χ3v) is 4.00. The molecule has 0 spiro atoms.